The number of rotatable bonds is 7. The second kappa shape index (κ2) is 7.58. The Morgan fingerprint density at radius 2 is 2.17 bits per heavy atom. The number of aromatic nitrogens is 3. The molecule has 8 heteroatoms. The largest absolute Gasteiger partial charge is 0.497 e. The summed E-state index contributed by atoms with van der Waals surface area (Å²) in [5.41, 5.74) is 0.780. The van der Waals surface area contributed by atoms with Crippen LogP contribution >= 0.6 is 0 Å². The Morgan fingerprint density at radius 1 is 1.42 bits per heavy atom. The Kier molecular flexibility index (Phi) is 5.51. The molecular weight excluding hydrogens is 312 g/mol. The quantitative estimate of drug-likeness (QED) is 0.827. The number of amides is 1. The monoisotopic (exact) mass is 332 g/mol. The first-order valence-electron chi connectivity index (χ1n) is 7.49. The van der Waals surface area contributed by atoms with E-state index in [0.29, 0.717) is 0 Å². The molecule has 2 aromatic rings. The molecule has 0 aliphatic carbocycles. The smallest absolute Gasteiger partial charge is 0.358 e. The molecule has 1 aromatic carbocycles. The maximum atomic E-state index is 12.5. The second-order valence-electron chi connectivity index (χ2n) is 5.31. The molecule has 0 spiro atoms. The first-order valence-corrected chi connectivity index (χ1v) is 7.49. The molecular formula is C16H20N4O4. The summed E-state index contributed by atoms with van der Waals surface area (Å²) in [4.78, 5) is 24.9. The van der Waals surface area contributed by atoms with Crippen LogP contribution < -0.4 is 4.74 Å². The molecule has 1 aromatic heterocycles. The Hall–Kier alpha value is -2.90. The molecule has 8 nitrogen and oxygen atoms in total. The van der Waals surface area contributed by atoms with Crippen LogP contribution in [0, 0.1) is 0 Å². The predicted octanol–water partition coefficient (Wildman–Crippen LogP) is 1.59. The van der Waals surface area contributed by atoms with Gasteiger partial charge >= 0.3 is 5.97 Å². The molecule has 2 rings (SSSR count). The number of carboxylic acid groups (broad SMARTS) is 1. The van der Waals surface area contributed by atoms with E-state index in [9.17, 15) is 9.59 Å². The first-order chi connectivity index (χ1) is 11.5. The molecule has 0 aliphatic rings. The topological polar surface area (TPSA) is 97.5 Å². The molecule has 0 fully saturated rings. The molecule has 1 heterocycles. The zero-order chi connectivity index (χ0) is 17.7. The molecule has 1 unspecified atom stereocenters. The molecule has 0 saturated carbocycles. The summed E-state index contributed by atoms with van der Waals surface area (Å²) >= 11 is 0. The van der Waals surface area contributed by atoms with Crippen LogP contribution in [0.1, 0.15) is 35.4 Å². The number of carboxylic acids is 1. The summed E-state index contributed by atoms with van der Waals surface area (Å²) < 4.78 is 6.45. The first kappa shape index (κ1) is 17.5. The lowest BCUT2D eigenvalue weighted by molar-refractivity contribution is -0.133. The molecule has 0 bridgehead atoms. The fourth-order valence-corrected chi connectivity index (χ4v) is 2.48. The number of likely N-dealkylation sites (N-methyl/N-ethyl adjacent to an activating group) is 1. The normalized spacial score (nSPS) is 11.8. The van der Waals surface area contributed by atoms with Crippen LogP contribution in [0.15, 0.2) is 30.5 Å². The lowest BCUT2D eigenvalue weighted by Gasteiger charge is -2.28. The number of ether oxygens (including phenoxy) is 1. The van der Waals surface area contributed by atoms with Crippen molar-refractivity contribution in [3.63, 3.8) is 0 Å². The number of carbonyl (C=O) groups is 2. The number of aromatic carboxylic acids is 1. The SMILES string of the molecule is CCC(c1cccc(OC)c1)N(C)C(=O)Cn1cc(C(=O)O)nn1. The highest BCUT2D eigenvalue weighted by Crippen LogP contribution is 2.26. The lowest BCUT2D eigenvalue weighted by Crippen LogP contribution is -2.33. The Morgan fingerprint density at radius 3 is 2.75 bits per heavy atom. The van der Waals surface area contributed by atoms with E-state index in [-0.39, 0.29) is 24.2 Å². The van der Waals surface area contributed by atoms with E-state index in [1.807, 2.05) is 31.2 Å². The maximum Gasteiger partial charge on any atom is 0.358 e. The third-order valence-electron chi connectivity index (χ3n) is 3.78. The van der Waals surface area contributed by atoms with Crippen molar-refractivity contribution in [2.24, 2.45) is 0 Å². The summed E-state index contributed by atoms with van der Waals surface area (Å²) in [7, 11) is 3.31. The van der Waals surface area contributed by atoms with Crippen LogP contribution in [0.3, 0.4) is 0 Å². The van der Waals surface area contributed by atoms with Gasteiger partial charge in [-0.2, -0.15) is 0 Å². The van der Waals surface area contributed by atoms with Gasteiger partial charge in [-0.1, -0.05) is 24.3 Å². The lowest BCUT2D eigenvalue weighted by atomic mass is 10.0. The Labute approximate surface area is 139 Å². The summed E-state index contributed by atoms with van der Waals surface area (Å²) in [6.07, 6.45) is 1.97. The maximum absolute atomic E-state index is 12.5. The minimum Gasteiger partial charge on any atom is -0.497 e. The van der Waals surface area contributed by atoms with Gasteiger partial charge in [0.1, 0.15) is 12.3 Å². The van der Waals surface area contributed by atoms with Gasteiger partial charge in [0.05, 0.1) is 19.3 Å². The summed E-state index contributed by atoms with van der Waals surface area (Å²) in [5, 5.41) is 16.0. The minimum absolute atomic E-state index is 0.0722. The summed E-state index contributed by atoms with van der Waals surface area (Å²) in [5.74, 6) is -0.634. The second-order valence-corrected chi connectivity index (χ2v) is 5.31. The van der Waals surface area contributed by atoms with Crippen LogP contribution in [0.4, 0.5) is 0 Å². The molecule has 0 aliphatic heterocycles. The molecule has 1 amide bonds. The van der Waals surface area contributed by atoms with Crippen LogP contribution in [0.5, 0.6) is 5.75 Å². The van der Waals surface area contributed by atoms with Crippen LogP contribution in [-0.4, -0.2) is 51.0 Å². The highest BCUT2D eigenvalue weighted by Gasteiger charge is 2.21. The van der Waals surface area contributed by atoms with Crippen molar-refractivity contribution in [3.05, 3.63) is 41.7 Å². The van der Waals surface area contributed by atoms with Crippen molar-refractivity contribution in [2.75, 3.05) is 14.2 Å². The van der Waals surface area contributed by atoms with Crippen molar-refractivity contribution in [2.45, 2.75) is 25.9 Å². The molecule has 0 saturated heterocycles. The number of hydrogen-bond acceptors (Lipinski definition) is 5. The standard InChI is InChI=1S/C16H20N4O4/c1-4-14(11-6-5-7-12(8-11)24-3)19(2)15(21)10-20-9-13(16(22)23)17-18-20/h5-9,14H,4,10H2,1-3H3,(H,22,23). The van der Waals surface area contributed by atoms with E-state index >= 15 is 0 Å². The molecule has 1 atom stereocenters. The minimum atomic E-state index is -1.18. The molecule has 128 valence electrons. The van der Waals surface area contributed by atoms with Gasteiger partial charge in [0.15, 0.2) is 5.69 Å². The fraction of sp³-hybridized carbons (Fsp3) is 0.375. The number of methoxy groups -OCH3 is 1. The highest BCUT2D eigenvalue weighted by atomic mass is 16.5. The number of benzene rings is 1. The van der Waals surface area contributed by atoms with Gasteiger partial charge in [0.25, 0.3) is 0 Å². The van der Waals surface area contributed by atoms with Crippen molar-refractivity contribution < 1.29 is 19.4 Å². The fourth-order valence-electron chi connectivity index (χ4n) is 2.48. The summed E-state index contributed by atoms with van der Waals surface area (Å²) in [6.45, 7) is 1.92. The van der Waals surface area contributed by atoms with Gasteiger partial charge in [-0.05, 0) is 24.1 Å². The van der Waals surface area contributed by atoms with Gasteiger partial charge in [-0.3, -0.25) is 4.79 Å². The molecule has 0 radical (unpaired) electrons. The van der Waals surface area contributed by atoms with Gasteiger partial charge in [-0.15, -0.1) is 5.10 Å². The Bertz CT molecular complexity index is 728. The van der Waals surface area contributed by atoms with E-state index in [2.05, 4.69) is 10.3 Å². The van der Waals surface area contributed by atoms with Crippen molar-refractivity contribution in [3.8, 4) is 5.75 Å². The third kappa shape index (κ3) is 3.89. The number of nitrogens with zero attached hydrogens (tertiary/aromatic N) is 4. The molecule has 24 heavy (non-hydrogen) atoms. The average molecular weight is 332 g/mol. The molecule has 1 N–H and O–H groups in total. The van der Waals surface area contributed by atoms with Crippen LogP contribution in [-0.2, 0) is 11.3 Å². The Balaban J connectivity index is 2.12. The van der Waals surface area contributed by atoms with Crippen molar-refractivity contribution >= 4 is 11.9 Å². The van der Waals surface area contributed by atoms with Crippen molar-refractivity contribution in [1.29, 1.82) is 0 Å². The average Bonchev–Trinajstić information content (AvgIpc) is 3.04. The van der Waals surface area contributed by atoms with E-state index in [1.54, 1.807) is 19.1 Å². The van der Waals surface area contributed by atoms with Gasteiger partial charge in [0, 0.05) is 7.05 Å². The van der Waals surface area contributed by atoms with E-state index < -0.39 is 5.97 Å². The van der Waals surface area contributed by atoms with Gasteiger partial charge in [0.2, 0.25) is 5.91 Å². The number of hydrogen-bond donors (Lipinski definition) is 1. The zero-order valence-electron chi connectivity index (χ0n) is 13.8. The van der Waals surface area contributed by atoms with Crippen molar-refractivity contribution in [1.82, 2.24) is 19.9 Å². The van der Waals surface area contributed by atoms with Gasteiger partial charge < -0.3 is 14.7 Å². The highest BCUT2D eigenvalue weighted by molar-refractivity contribution is 5.84. The van der Waals surface area contributed by atoms with E-state index in [4.69, 9.17) is 9.84 Å². The third-order valence-corrected chi connectivity index (χ3v) is 3.78. The predicted molar refractivity (Wildman–Crippen MR) is 85.8 cm³/mol. The van der Waals surface area contributed by atoms with Crippen LogP contribution in [0.25, 0.3) is 0 Å². The van der Waals surface area contributed by atoms with E-state index in [0.717, 1.165) is 17.7 Å². The van der Waals surface area contributed by atoms with E-state index in [1.165, 1.54) is 10.9 Å². The zero-order valence-corrected chi connectivity index (χ0v) is 13.8. The van der Waals surface area contributed by atoms with Crippen LogP contribution in [0.2, 0.25) is 0 Å². The summed E-state index contributed by atoms with van der Waals surface area (Å²) in [6, 6.07) is 7.45. The van der Waals surface area contributed by atoms with Gasteiger partial charge in [-0.25, -0.2) is 9.48 Å². The number of carbonyl (C=O) groups excluding carboxylic acids is 1.